The van der Waals surface area contributed by atoms with Gasteiger partial charge >= 0.3 is 0 Å². The summed E-state index contributed by atoms with van der Waals surface area (Å²) in [6, 6.07) is 0.367. The Hall–Kier alpha value is -1.16. The van der Waals surface area contributed by atoms with Crippen molar-refractivity contribution in [1.82, 2.24) is 9.97 Å². The van der Waals surface area contributed by atoms with Gasteiger partial charge in [-0.3, -0.25) is 0 Å². The first-order valence-corrected chi connectivity index (χ1v) is 5.47. The van der Waals surface area contributed by atoms with Crippen molar-refractivity contribution in [2.24, 2.45) is 5.73 Å². The van der Waals surface area contributed by atoms with Gasteiger partial charge in [0.25, 0.3) is 0 Å². The van der Waals surface area contributed by atoms with Gasteiger partial charge in [0.2, 0.25) is 0 Å². The molecule has 0 atom stereocenters. The van der Waals surface area contributed by atoms with Gasteiger partial charge in [0, 0.05) is 19.1 Å². The summed E-state index contributed by atoms with van der Waals surface area (Å²) >= 11 is 0. The largest absolute Gasteiger partial charge is 0.368 e. The second kappa shape index (κ2) is 4.14. The Bertz CT molecular complexity index is 322. The Morgan fingerprint density at radius 3 is 2.27 bits per heavy atom. The summed E-state index contributed by atoms with van der Waals surface area (Å²) in [5, 5.41) is 0. The third kappa shape index (κ3) is 2.09. The van der Waals surface area contributed by atoms with E-state index in [2.05, 4.69) is 14.9 Å². The molecule has 1 fully saturated rings. The smallest absolute Gasteiger partial charge is 0.116 e. The van der Waals surface area contributed by atoms with Crippen molar-refractivity contribution < 1.29 is 0 Å². The van der Waals surface area contributed by atoms with Crippen LogP contribution in [-0.2, 0) is 0 Å². The van der Waals surface area contributed by atoms with Crippen LogP contribution < -0.4 is 10.6 Å². The molecule has 0 unspecified atom stereocenters. The lowest BCUT2D eigenvalue weighted by molar-refractivity contribution is 0.499. The molecule has 0 bridgehead atoms. The zero-order valence-corrected chi connectivity index (χ0v) is 9.40. The lowest BCUT2D eigenvalue weighted by atomic mass is 10.0. The van der Waals surface area contributed by atoms with Crippen LogP contribution in [-0.4, -0.2) is 29.1 Å². The summed E-state index contributed by atoms with van der Waals surface area (Å²) in [7, 11) is 0. The Labute approximate surface area is 90.5 Å². The van der Waals surface area contributed by atoms with Gasteiger partial charge in [-0.2, -0.15) is 0 Å². The minimum absolute atomic E-state index is 0.367. The standard InChI is InChI=1S/C11H18N4/c1-8-11(9(2)14-7-13-8)15-5-3-10(12)4-6-15/h7,10H,3-6,12H2,1-2H3. The molecule has 1 aliphatic heterocycles. The monoisotopic (exact) mass is 206 g/mol. The molecule has 0 saturated carbocycles. The van der Waals surface area contributed by atoms with E-state index in [1.807, 2.05) is 13.8 Å². The number of nitrogens with zero attached hydrogens (tertiary/aromatic N) is 3. The molecule has 1 aromatic rings. The first-order chi connectivity index (χ1) is 7.18. The average molecular weight is 206 g/mol. The molecule has 0 aliphatic carbocycles. The lowest BCUT2D eigenvalue weighted by Gasteiger charge is -2.33. The lowest BCUT2D eigenvalue weighted by Crippen LogP contribution is -2.40. The summed E-state index contributed by atoms with van der Waals surface area (Å²) in [5.74, 6) is 0. The quantitative estimate of drug-likeness (QED) is 0.745. The number of aryl methyl sites for hydroxylation is 2. The van der Waals surface area contributed by atoms with Gasteiger partial charge in [-0.05, 0) is 26.7 Å². The van der Waals surface area contributed by atoms with E-state index >= 15 is 0 Å². The van der Waals surface area contributed by atoms with Crippen molar-refractivity contribution in [2.45, 2.75) is 32.7 Å². The highest BCUT2D eigenvalue weighted by Crippen LogP contribution is 2.24. The van der Waals surface area contributed by atoms with Crippen molar-refractivity contribution in [2.75, 3.05) is 18.0 Å². The highest BCUT2D eigenvalue weighted by atomic mass is 15.2. The Morgan fingerprint density at radius 2 is 1.73 bits per heavy atom. The molecule has 0 aromatic carbocycles. The van der Waals surface area contributed by atoms with E-state index in [0.717, 1.165) is 37.3 Å². The predicted molar refractivity (Wildman–Crippen MR) is 60.9 cm³/mol. The van der Waals surface area contributed by atoms with Gasteiger partial charge in [0.1, 0.15) is 6.33 Å². The van der Waals surface area contributed by atoms with Gasteiger partial charge in [0.15, 0.2) is 0 Å². The van der Waals surface area contributed by atoms with E-state index < -0.39 is 0 Å². The Balaban J connectivity index is 2.22. The Kier molecular flexibility index (Phi) is 2.86. The molecule has 82 valence electrons. The second-order valence-electron chi connectivity index (χ2n) is 4.22. The predicted octanol–water partition coefficient (Wildman–Crippen LogP) is 1.02. The van der Waals surface area contributed by atoms with Crippen LogP contribution >= 0.6 is 0 Å². The molecular weight excluding hydrogens is 188 g/mol. The highest BCUT2D eigenvalue weighted by Gasteiger charge is 2.19. The summed E-state index contributed by atoms with van der Waals surface area (Å²) < 4.78 is 0. The van der Waals surface area contributed by atoms with Crippen molar-refractivity contribution >= 4 is 5.69 Å². The average Bonchev–Trinajstić information content (AvgIpc) is 2.20. The molecule has 0 radical (unpaired) electrons. The third-order valence-corrected chi connectivity index (χ3v) is 3.04. The van der Waals surface area contributed by atoms with Gasteiger partial charge in [-0.1, -0.05) is 0 Å². The fourth-order valence-corrected chi connectivity index (χ4v) is 2.17. The fourth-order valence-electron chi connectivity index (χ4n) is 2.17. The summed E-state index contributed by atoms with van der Waals surface area (Å²) in [5.41, 5.74) is 9.23. The number of hydrogen-bond acceptors (Lipinski definition) is 4. The van der Waals surface area contributed by atoms with Crippen LogP contribution in [0.3, 0.4) is 0 Å². The zero-order valence-electron chi connectivity index (χ0n) is 9.40. The maximum absolute atomic E-state index is 5.89. The number of piperidine rings is 1. The number of nitrogens with two attached hydrogens (primary N) is 1. The van der Waals surface area contributed by atoms with Gasteiger partial charge in [-0.25, -0.2) is 9.97 Å². The van der Waals surface area contributed by atoms with E-state index in [1.54, 1.807) is 6.33 Å². The van der Waals surface area contributed by atoms with Crippen LogP contribution in [0, 0.1) is 13.8 Å². The molecule has 2 heterocycles. The third-order valence-electron chi connectivity index (χ3n) is 3.04. The van der Waals surface area contributed by atoms with Crippen molar-refractivity contribution in [3.63, 3.8) is 0 Å². The van der Waals surface area contributed by atoms with Crippen LogP contribution in [0.5, 0.6) is 0 Å². The first kappa shape index (κ1) is 10.4. The molecule has 1 saturated heterocycles. The van der Waals surface area contributed by atoms with Crippen molar-refractivity contribution in [3.8, 4) is 0 Å². The molecule has 0 amide bonds. The van der Waals surface area contributed by atoms with Gasteiger partial charge in [-0.15, -0.1) is 0 Å². The van der Waals surface area contributed by atoms with Crippen LogP contribution in [0.2, 0.25) is 0 Å². The van der Waals surface area contributed by atoms with E-state index in [9.17, 15) is 0 Å². The van der Waals surface area contributed by atoms with Crippen LogP contribution in [0.25, 0.3) is 0 Å². The van der Waals surface area contributed by atoms with E-state index in [1.165, 1.54) is 5.69 Å². The number of anilines is 1. The summed E-state index contributed by atoms with van der Waals surface area (Å²) in [4.78, 5) is 10.9. The molecule has 0 spiro atoms. The van der Waals surface area contributed by atoms with E-state index in [-0.39, 0.29) is 0 Å². The Morgan fingerprint density at radius 1 is 1.20 bits per heavy atom. The van der Waals surface area contributed by atoms with Crippen LogP contribution in [0.15, 0.2) is 6.33 Å². The summed E-state index contributed by atoms with van der Waals surface area (Å²) in [6.45, 7) is 6.13. The summed E-state index contributed by atoms with van der Waals surface area (Å²) in [6.07, 6.45) is 3.76. The molecule has 1 aromatic heterocycles. The molecule has 15 heavy (non-hydrogen) atoms. The van der Waals surface area contributed by atoms with Crippen LogP contribution in [0.1, 0.15) is 24.2 Å². The van der Waals surface area contributed by atoms with E-state index in [4.69, 9.17) is 5.73 Å². The maximum Gasteiger partial charge on any atom is 0.116 e. The van der Waals surface area contributed by atoms with E-state index in [0.29, 0.717) is 6.04 Å². The van der Waals surface area contributed by atoms with Crippen LogP contribution in [0.4, 0.5) is 5.69 Å². The maximum atomic E-state index is 5.89. The van der Waals surface area contributed by atoms with Gasteiger partial charge in [0.05, 0.1) is 17.1 Å². The molecular formula is C11H18N4. The SMILES string of the molecule is Cc1ncnc(C)c1N1CCC(N)CC1. The topological polar surface area (TPSA) is 55.0 Å². The van der Waals surface area contributed by atoms with Crippen molar-refractivity contribution in [3.05, 3.63) is 17.7 Å². The second-order valence-corrected chi connectivity index (χ2v) is 4.22. The number of rotatable bonds is 1. The fraction of sp³-hybridized carbons (Fsp3) is 0.636. The molecule has 4 nitrogen and oxygen atoms in total. The highest BCUT2D eigenvalue weighted by molar-refractivity contribution is 5.53. The minimum Gasteiger partial charge on any atom is -0.368 e. The number of hydrogen-bond donors (Lipinski definition) is 1. The molecule has 2 rings (SSSR count). The van der Waals surface area contributed by atoms with Crippen molar-refractivity contribution in [1.29, 1.82) is 0 Å². The first-order valence-electron chi connectivity index (χ1n) is 5.47. The molecule has 4 heteroatoms. The molecule has 1 aliphatic rings. The zero-order chi connectivity index (χ0) is 10.8. The molecule has 2 N–H and O–H groups in total. The number of aromatic nitrogens is 2. The normalized spacial score (nSPS) is 18.2. The van der Waals surface area contributed by atoms with Gasteiger partial charge < -0.3 is 10.6 Å². The minimum atomic E-state index is 0.367.